The molecule has 1 N–H and O–H groups in total. The van der Waals surface area contributed by atoms with E-state index < -0.39 is 24.3 Å². The maximum atomic E-state index is 12.9. The van der Waals surface area contributed by atoms with Crippen molar-refractivity contribution >= 4 is 17.9 Å². The summed E-state index contributed by atoms with van der Waals surface area (Å²) in [4.78, 5) is 37.5. The van der Waals surface area contributed by atoms with Crippen LogP contribution in [0.15, 0.2) is 72.9 Å². The van der Waals surface area contributed by atoms with Crippen molar-refractivity contribution in [3.05, 3.63) is 72.9 Å². The molecule has 74 heavy (non-hydrogen) atoms. The van der Waals surface area contributed by atoms with Gasteiger partial charge < -0.3 is 28.5 Å². The van der Waals surface area contributed by atoms with Crippen LogP contribution in [0.2, 0.25) is 0 Å². The van der Waals surface area contributed by atoms with Crippen LogP contribution >= 0.6 is 0 Å². The first-order valence-electron chi connectivity index (χ1n) is 30.6. The van der Waals surface area contributed by atoms with E-state index in [0.717, 1.165) is 96.3 Å². The number of ether oxygens (including phenoxy) is 4. The number of hydrogen-bond donors (Lipinski definition) is 1. The number of nitrogens with zero attached hydrogens (tertiary/aromatic N) is 1. The second-order valence-electron chi connectivity index (χ2n) is 21.6. The van der Waals surface area contributed by atoms with Crippen molar-refractivity contribution in [2.24, 2.45) is 0 Å². The summed E-state index contributed by atoms with van der Waals surface area (Å²) in [5, 5.41) is 9.71. The van der Waals surface area contributed by atoms with Crippen LogP contribution in [0.5, 0.6) is 0 Å². The Morgan fingerprint density at radius 1 is 0.419 bits per heavy atom. The number of aliphatic carboxylic acids is 1. The summed E-state index contributed by atoms with van der Waals surface area (Å²) >= 11 is 0. The quantitative estimate of drug-likeness (QED) is 0.0211. The lowest BCUT2D eigenvalue weighted by Gasteiger charge is -2.25. The van der Waals surface area contributed by atoms with E-state index >= 15 is 0 Å². The minimum Gasteiger partial charge on any atom is -0.477 e. The van der Waals surface area contributed by atoms with E-state index in [2.05, 4.69) is 86.8 Å². The van der Waals surface area contributed by atoms with Gasteiger partial charge in [0.15, 0.2) is 6.10 Å². The number of carbonyl (C=O) groups excluding carboxylic acids is 2. The number of rotatable bonds is 56. The minimum absolute atomic E-state index is 0.183. The Morgan fingerprint density at radius 3 is 1.15 bits per heavy atom. The standard InChI is InChI=1S/C65H115NO8/c1-6-8-10-12-14-16-18-20-22-24-26-28-30-32-34-36-38-40-42-44-46-48-50-52-54-56-63(68)74-61(60-73-65(64(69)70)71-58-57-66(3,4)5)59-72-62(67)55-53-51-49-47-45-43-41-39-37-35-33-31-29-27-25-23-21-19-17-15-13-11-9-7-2/h8,10,14,16,20,22,26,28,32,34,38,40,61,65H,6-7,9,11-13,15,17-19,21,23-25,27,29-31,33,35-37,39,41-60H2,1-5H3/p+1/b10-8-,16-14-,22-20-,28-26-,34-32-,40-38-. The average Bonchev–Trinajstić information content (AvgIpc) is 3.37. The van der Waals surface area contributed by atoms with Crippen molar-refractivity contribution in [1.82, 2.24) is 0 Å². The van der Waals surface area contributed by atoms with Crippen LogP contribution in [0.25, 0.3) is 0 Å². The third-order valence-corrected chi connectivity index (χ3v) is 13.2. The number of quaternary nitrogens is 1. The summed E-state index contributed by atoms with van der Waals surface area (Å²) in [5.41, 5.74) is 0. The van der Waals surface area contributed by atoms with E-state index in [0.29, 0.717) is 23.9 Å². The summed E-state index contributed by atoms with van der Waals surface area (Å²) in [7, 11) is 5.97. The Morgan fingerprint density at radius 2 is 0.770 bits per heavy atom. The normalized spacial score (nSPS) is 13.3. The largest absolute Gasteiger partial charge is 0.477 e. The SMILES string of the molecule is CC/C=C\C/C=C\C/C=C\C/C=C\C/C=C\C/C=C\CCCCCCCCC(=O)OC(COC(=O)CCCCCCCCCCCCCCCCCCCCCCCCCC)COC(OCC[N+](C)(C)C)C(=O)O. The second-order valence-corrected chi connectivity index (χ2v) is 21.6. The second kappa shape index (κ2) is 55.9. The van der Waals surface area contributed by atoms with E-state index in [-0.39, 0.29) is 32.2 Å². The molecule has 0 bridgehead atoms. The zero-order valence-corrected chi connectivity index (χ0v) is 48.7. The summed E-state index contributed by atoms with van der Waals surface area (Å²) in [6, 6.07) is 0. The molecule has 0 rings (SSSR count). The van der Waals surface area contributed by atoms with Gasteiger partial charge in [0.05, 0.1) is 34.4 Å². The molecule has 0 aromatic carbocycles. The Kier molecular flexibility index (Phi) is 53.5. The lowest BCUT2D eigenvalue weighted by molar-refractivity contribution is -0.870. The number of esters is 2. The fourth-order valence-corrected chi connectivity index (χ4v) is 8.55. The van der Waals surface area contributed by atoms with Crippen LogP contribution in [0.3, 0.4) is 0 Å². The summed E-state index contributed by atoms with van der Waals surface area (Å²) in [6.07, 6.45) is 69.8. The van der Waals surface area contributed by atoms with Crippen molar-refractivity contribution in [1.29, 1.82) is 0 Å². The zero-order valence-electron chi connectivity index (χ0n) is 48.7. The molecule has 428 valence electrons. The number of allylic oxidation sites excluding steroid dienone is 12. The molecule has 2 unspecified atom stereocenters. The fourth-order valence-electron chi connectivity index (χ4n) is 8.55. The molecule has 2 atom stereocenters. The predicted octanol–water partition coefficient (Wildman–Crippen LogP) is 18.2. The van der Waals surface area contributed by atoms with Crippen molar-refractivity contribution in [3.63, 3.8) is 0 Å². The van der Waals surface area contributed by atoms with Gasteiger partial charge in [0, 0.05) is 12.8 Å². The summed E-state index contributed by atoms with van der Waals surface area (Å²) in [6.45, 7) is 4.77. The number of carboxylic acid groups (broad SMARTS) is 1. The van der Waals surface area contributed by atoms with Crippen LogP contribution in [-0.4, -0.2) is 87.4 Å². The van der Waals surface area contributed by atoms with Crippen LogP contribution in [0, 0.1) is 0 Å². The molecule has 0 aromatic heterocycles. The Balaban J connectivity index is 4.25. The molecular weight excluding hydrogens is 923 g/mol. The highest BCUT2D eigenvalue weighted by Crippen LogP contribution is 2.17. The van der Waals surface area contributed by atoms with Gasteiger partial charge in [0.2, 0.25) is 0 Å². The van der Waals surface area contributed by atoms with Gasteiger partial charge in [0.25, 0.3) is 6.29 Å². The van der Waals surface area contributed by atoms with Gasteiger partial charge in [0.1, 0.15) is 13.2 Å². The molecule has 0 aliphatic carbocycles. The maximum Gasteiger partial charge on any atom is 0.361 e. The maximum absolute atomic E-state index is 12.9. The smallest absolute Gasteiger partial charge is 0.361 e. The molecule has 0 aliphatic rings. The van der Waals surface area contributed by atoms with E-state index in [4.69, 9.17) is 18.9 Å². The van der Waals surface area contributed by atoms with Crippen LogP contribution in [0.4, 0.5) is 0 Å². The Hall–Kier alpha value is -3.27. The average molecular weight is 1040 g/mol. The van der Waals surface area contributed by atoms with E-state index in [1.807, 2.05) is 21.1 Å². The molecule has 0 aromatic rings. The third kappa shape index (κ3) is 56.5. The van der Waals surface area contributed by atoms with Crippen molar-refractivity contribution in [2.45, 2.75) is 277 Å². The number of carbonyl (C=O) groups is 3. The van der Waals surface area contributed by atoms with Crippen molar-refractivity contribution in [2.75, 3.05) is 47.5 Å². The number of hydrogen-bond acceptors (Lipinski definition) is 7. The number of unbranched alkanes of at least 4 members (excludes halogenated alkanes) is 29. The third-order valence-electron chi connectivity index (χ3n) is 13.2. The molecule has 0 saturated carbocycles. The van der Waals surface area contributed by atoms with Crippen LogP contribution in [0.1, 0.15) is 264 Å². The van der Waals surface area contributed by atoms with Gasteiger partial charge in [-0.05, 0) is 64.2 Å². The van der Waals surface area contributed by atoms with Crippen molar-refractivity contribution in [3.8, 4) is 0 Å². The summed E-state index contributed by atoms with van der Waals surface area (Å²) in [5.74, 6) is -2.02. The van der Waals surface area contributed by atoms with E-state index in [1.54, 1.807) is 0 Å². The highest BCUT2D eigenvalue weighted by molar-refractivity contribution is 5.71. The monoisotopic (exact) mass is 1040 g/mol. The predicted molar refractivity (Wildman–Crippen MR) is 313 cm³/mol. The Labute approximate surface area is 456 Å². The van der Waals surface area contributed by atoms with Gasteiger partial charge in [-0.1, -0.05) is 260 Å². The van der Waals surface area contributed by atoms with E-state index in [9.17, 15) is 19.5 Å². The minimum atomic E-state index is -1.52. The molecule has 0 aliphatic heterocycles. The van der Waals surface area contributed by atoms with Crippen LogP contribution < -0.4 is 0 Å². The van der Waals surface area contributed by atoms with Gasteiger partial charge >= 0.3 is 17.9 Å². The van der Waals surface area contributed by atoms with Gasteiger partial charge in [-0.2, -0.15) is 0 Å². The first-order valence-corrected chi connectivity index (χ1v) is 30.6. The van der Waals surface area contributed by atoms with Crippen LogP contribution in [-0.2, 0) is 33.3 Å². The first-order chi connectivity index (χ1) is 36.1. The van der Waals surface area contributed by atoms with E-state index in [1.165, 1.54) is 135 Å². The molecule has 0 saturated heterocycles. The highest BCUT2D eigenvalue weighted by Gasteiger charge is 2.25. The lowest BCUT2D eigenvalue weighted by Crippen LogP contribution is -2.40. The molecule has 0 radical (unpaired) electrons. The van der Waals surface area contributed by atoms with Gasteiger partial charge in [-0.25, -0.2) is 4.79 Å². The van der Waals surface area contributed by atoms with Crippen molar-refractivity contribution < 1.29 is 42.9 Å². The molecular formula is C65H116NO8+. The first kappa shape index (κ1) is 70.7. The van der Waals surface area contributed by atoms with Gasteiger partial charge in [-0.3, -0.25) is 9.59 Å². The molecule has 0 fully saturated rings. The molecule has 0 heterocycles. The zero-order chi connectivity index (χ0) is 54.1. The summed E-state index contributed by atoms with van der Waals surface area (Å²) < 4.78 is 22.9. The Bertz CT molecular complexity index is 1440. The lowest BCUT2D eigenvalue weighted by atomic mass is 10.0. The number of carboxylic acids is 1. The molecule has 0 amide bonds. The molecule has 9 nitrogen and oxygen atoms in total. The van der Waals surface area contributed by atoms with Gasteiger partial charge in [-0.15, -0.1) is 0 Å². The topological polar surface area (TPSA) is 108 Å². The number of likely N-dealkylation sites (N-methyl/N-ethyl adjacent to an activating group) is 1. The highest BCUT2D eigenvalue weighted by atomic mass is 16.7. The molecule has 9 heteroatoms. The molecule has 0 spiro atoms. The fraction of sp³-hybridized carbons (Fsp3) is 0.769.